The zero-order chi connectivity index (χ0) is 14.8. The number of aryl methyl sites for hydroxylation is 1. The topological polar surface area (TPSA) is 41.5 Å². The molecule has 1 N–H and O–H groups in total. The SMILES string of the molecule is Cc1ccsc1/C=N/NC(=O)c1csc2c1CCC(C)C2. The molecule has 3 rings (SSSR count). The van der Waals surface area contributed by atoms with Gasteiger partial charge in [0.05, 0.1) is 11.8 Å². The third-order valence-electron chi connectivity index (χ3n) is 3.90. The molecule has 21 heavy (non-hydrogen) atoms. The van der Waals surface area contributed by atoms with Crippen molar-refractivity contribution in [3.05, 3.63) is 43.3 Å². The third-order valence-corrected chi connectivity index (χ3v) is 5.90. The molecular weight excluding hydrogens is 300 g/mol. The van der Waals surface area contributed by atoms with Crippen molar-refractivity contribution in [2.24, 2.45) is 11.0 Å². The number of nitrogens with one attached hydrogen (secondary N) is 1. The second-order valence-electron chi connectivity index (χ2n) is 5.57. The molecule has 1 aliphatic carbocycles. The van der Waals surface area contributed by atoms with Crippen LogP contribution >= 0.6 is 22.7 Å². The largest absolute Gasteiger partial charge is 0.272 e. The first-order chi connectivity index (χ1) is 10.1. The Bertz CT molecular complexity index is 684. The van der Waals surface area contributed by atoms with E-state index in [0.29, 0.717) is 0 Å². The van der Waals surface area contributed by atoms with Gasteiger partial charge in [0.25, 0.3) is 5.91 Å². The molecule has 0 bridgehead atoms. The van der Waals surface area contributed by atoms with Gasteiger partial charge in [0.2, 0.25) is 0 Å². The summed E-state index contributed by atoms with van der Waals surface area (Å²) in [6.07, 6.45) is 5.00. The first kappa shape index (κ1) is 14.5. The summed E-state index contributed by atoms with van der Waals surface area (Å²) in [5.74, 6) is 0.638. The molecule has 110 valence electrons. The van der Waals surface area contributed by atoms with Gasteiger partial charge in [-0.1, -0.05) is 6.92 Å². The van der Waals surface area contributed by atoms with Crippen LogP contribution in [-0.2, 0) is 12.8 Å². The maximum atomic E-state index is 12.3. The van der Waals surface area contributed by atoms with Crippen molar-refractivity contribution in [1.29, 1.82) is 0 Å². The van der Waals surface area contributed by atoms with Crippen molar-refractivity contribution >= 4 is 34.8 Å². The van der Waals surface area contributed by atoms with Gasteiger partial charge >= 0.3 is 0 Å². The molecule has 5 heteroatoms. The van der Waals surface area contributed by atoms with Gasteiger partial charge in [-0.15, -0.1) is 22.7 Å². The number of fused-ring (bicyclic) bond motifs is 1. The average molecular weight is 318 g/mol. The van der Waals surface area contributed by atoms with Gasteiger partial charge in [-0.05, 0) is 54.7 Å². The highest BCUT2D eigenvalue weighted by molar-refractivity contribution is 7.12. The molecule has 0 saturated heterocycles. The summed E-state index contributed by atoms with van der Waals surface area (Å²) >= 11 is 3.33. The number of rotatable bonds is 3. The molecule has 1 aliphatic rings. The fourth-order valence-electron chi connectivity index (χ4n) is 2.59. The fourth-order valence-corrected chi connectivity index (χ4v) is 4.62. The molecule has 0 spiro atoms. The molecule has 0 saturated carbocycles. The lowest BCUT2D eigenvalue weighted by Gasteiger charge is -2.18. The van der Waals surface area contributed by atoms with Crippen molar-refractivity contribution in [3.8, 4) is 0 Å². The van der Waals surface area contributed by atoms with E-state index >= 15 is 0 Å². The zero-order valence-electron chi connectivity index (χ0n) is 12.2. The van der Waals surface area contributed by atoms with E-state index in [1.54, 1.807) is 28.9 Å². The van der Waals surface area contributed by atoms with Crippen molar-refractivity contribution in [2.75, 3.05) is 0 Å². The van der Waals surface area contributed by atoms with Crippen LogP contribution in [0.4, 0.5) is 0 Å². The van der Waals surface area contributed by atoms with E-state index in [2.05, 4.69) is 17.5 Å². The molecule has 0 aliphatic heterocycles. The Morgan fingerprint density at radius 3 is 3.10 bits per heavy atom. The summed E-state index contributed by atoms with van der Waals surface area (Å²) in [5, 5.41) is 8.08. The second kappa shape index (κ2) is 6.12. The van der Waals surface area contributed by atoms with Gasteiger partial charge in [0.1, 0.15) is 0 Å². The highest BCUT2D eigenvalue weighted by Crippen LogP contribution is 2.32. The fraction of sp³-hybridized carbons (Fsp3) is 0.375. The number of carbonyl (C=O) groups excluding carboxylic acids is 1. The van der Waals surface area contributed by atoms with Gasteiger partial charge in [0.15, 0.2) is 0 Å². The Hall–Kier alpha value is -1.46. The van der Waals surface area contributed by atoms with E-state index < -0.39 is 0 Å². The molecule has 3 nitrogen and oxygen atoms in total. The molecule has 0 radical (unpaired) electrons. The smallest absolute Gasteiger partial charge is 0.267 e. The monoisotopic (exact) mass is 318 g/mol. The van der Waals surface area contributed by atoms with Crippen molar-refractivity contribution in [3.63, 3.8) is 0 Å². The molecular formula is C16H18N2OS2. The summed E-state index contributed by atoms with van der Waals surface area (Å²) in [5.41, 5.74) is 5.88. The summed E-state index contributed by atoms with van der Waals surface area (Å²) in [4.78, 5) is 14.7. The first-order valence-corrected chi connectivity index (χ1v) is 8.88. The van der Waals surface area contributed by atoms with Crippen molar-refractivity contribution < 1.29 is 4.79 Å². The van der Waals surface area contributed by atoms with Crippen LogP contribution in [0.1, 0.15) is 44.6 Å². The van der Waals surface area contributed by atoms with Crippen LogP contribution < -0.4 is 5.43 Å². The summed E-state index contributed by atoms with van der Waals surface area (Å²) in [6, 6.07) is 2.05. The molecule has 0 aromatic carbocycles. The van der Waals surface area contributed by atoms with E-state index in [4.69, 9.17) is 0 Å². The predicted octanol–water partition coefficient (Wildman–Crippen LogP) is 4.01. The van der Waals surface area contributed by atoms with E-state index in [1.807, 2.05) is 23.8 Å². The van der Waals surface area contributed by atoms with E-state index in [-0.39, 0.29) is 5.91 Å². The van der Waals surface area contributed by atoms with Gasteiger partial charge in [-0.2, -0.15) is 5.10 Å². The maximum absolute atomic E-state index is 12.3. The van der Waals surface area contributed by atoms with Crippen LogP contribution in [0.25, 0.3) is 0 Å². The van der Waals surface area contributed by atoms with Crippen LogP contribution in [0, 0.1) is 12.8 Å². The zero-order valence-corrected chi connectivity index (χ0v) is 13.8. The Morgan fingerprint density at radius 1 is 1.48 bits per heavy atom. The van der Waals surface area contributed by atoms with Gasteiger partial charge in [-0.25, -0.2) is 5.43 Å². The van der Waals surface area contributed by atoms with Crippen LogP contribution in [0.5, 0.6) is 0 Å². The van der Waals surface area contributed by atoms with Gasteiger partial charge in [-0.3, -0.25) is 4.79 Å². The predicted molar refractivity (Wildman–Crippen MR) is 89.6 cm³/mol. The molecule has 2 aromatic rings. The highest BCUT2D eigenvalue weighted by atomic mass is 32.1. The van der Waals surface area contributed by atoms with Crippen molar-refractivity contribution in [1.82, 2.24) is 5.43 Å². The minimum absolute atomic E-state index is 0.0903. The molecule has 0 fully saturated rings. The lowest BCUT2D eigenvalue weighted by molar-refractivity contribution is 0.0954. The van der Waals surface area contributed by atoms with Gasteiger partial charge in [0, 0.05) is 15.1 Å². The van der Waals surface area contributed by atoms with E-state index in [1.165, 1.54) is 22.4 Å². The minimum Gasteiger partial charge on any atom is -0.267 e. The van der Waals surface area contributed by atoms with Crippen LogP contribution in [0.2, 0.25) is 0 Å². The van der Waals surface area contributed by atoms with E-state index in [9.17, 15) is 4.79 Å². The molecule has 1 atom stereocenters. The first-order valence-electron chi connectivity index (χ1n) is 7.12. The average Bonchev–Trinajstić information content (AvgIpc) is 3.05. The lowest BCUT2D eigenvalue weighted by atomic mass is 9.88. The summed E-state index contributed by atoms with van der Waals surface area (Å²) in [7, 11) is 0. The quantitative estimate of drug-likeness (QED) is 0.674. The van der Waals surface area contributed by atoms with Crippen LogP contribution in [0.15, 0.2) is 21.9 Å². The highest BCUT2D eigenvalue weighted by Gasteiger charge is 2.22. The Labute approximate surface area is 132 Å². The number of thiophene rings is 2. The summed E-state index contributed by atoms with van der Waals surface area (Å²) < 4.78 is 0. The Kier molecular flexibility index (Phi) is 4.22. The number of hydrazone groups is 1. The number of carbonyl (C=O) groups is 1. The van der Waals surface area contributed by atoms with E-state index in [0.717, 1.165) is 29.2 Å². The Balaban J connectivity index is 1.69. The van der Waals surface area contributed by atoms with Gasteiger partial charge < -0.3 is 0 Å². The van der Waals surface area contributed by atoms with Crippen LogP contribution in [-0.4, -0.2) is 12.1 Å². The van der Waals surface area contributed by atoms with Crippen LogP contribution in [0.3, 0.4) is 0 Å². The lowest BCUT2D eigenvalue weighted by Crippen LogP contribution is -2.20. The minimum atomic E-state index is -0.0903. The molecule has 2 aromatic heterocycles. The number of amides is 1. The third kappa shape index (κ3) is 3.09. The number of nitrogens with zero attached hydrogens (tertiary/aromatic N) is 1. The van der Waals surface area contributed by atoms with Crippen molar-refractivity contribution in [2.45, 2.75) is 33.1 Å². The standard InChI is InChI=1S/C16H18N2OS2/c1-10-3-4-12-13(9-21-14(12)7-10)16(19)18-17-8-15-11(2)5-6-20-15/h5-6,8-10H,3-4,7H2,1-2H3,(H,18,19)/b17-8+. The second-order valence-corrected chi connectivity index (χ2v) is 7.48. The molecule has 1 unspecified atom stereocenters. The number of hydrogen-bond acceptors (Lipinski definition) is 4. The normalized spacial score (nSPS) is 17.9. The molecule has 1 amide bonds. The maximum Gasteiger partial charge on any atom is 0.272 e. The summed E-state index contributed by atoms with van der Waals surface area (Å²) in [6.45, 7) is 4.31. The Morgan fingerprint density at radius 2 is 2.33 bits per heavy atom. The molecule has 2 heterocycles. The number of hydrogen-bond donors (Lipinski definition) is 1.